The first-order valence-electron chi connectivity index (χ1n) is 7.05. The Morgan fingerprint density at radius 1 is 1.48 bits per heavy atom. The number of hydrogen-bond acceptors (Lipinski definition) is 3. The van der Waals surface area contributed by atoms with Crippen LogP contribution < -0.4 is 5.32 Å². The largest absolute Gasteiger partial charge is 0.336 e. The second kappa shape index (κ2) is 6.30. The van der Waals surface area contributed by atoms with Crippen LogP contribution >= 0.6 is 12.2 Å². The van der Waals surface area contributed by atoms with Gasteiger partial charge in [-0.2, -0.15) is 5.10 Å². The molecule has 2 aromatic heterocycles. The summed E-state index contributed by atoms with van der Waals surface area (Å²) in [5.74, 6) is 0. The van der Waals surface area contributed by atoms with E-state index in [1.165, 1.54) is 4.90 Å². The molecular formula is C13H22N6OS. The van der Waals surface area contributed by atoms with E-state index in [0.29, 0.717) is 17.9 Å². The molecule has 0 bridgehead atoms. The molecule has 0 aliphatic heterocycles. The minimum absolute atomic E-state index is 0.107. The van der Waals surface area contributed by atoms with Crippen molar-refractivity contribution in [1.82, 2.24) is 29.5 Å². The van der Waals surface area contributed by atoms with Crippen molar-refractivity contribution in [3.63, 3.8) is 0 Å². The molecule has 0 spiro atoms. The zero-order valence-electron chi connectivity index (χ0n) is 12.9. The van der Waals surface area contributed by atoms with Crippen molar-refractivity contribution in [3.05, 3.63) is 10.5 Å². The second-order valence-electron chi connectivity index (χ2n) is 5.23. The summed E-state index contributed by atoms with van der Waals surface area (Å²) in [6.07, 6.45) is 1.96. The highest BCUT2D eigenvalue weighted by Gasteiger charge is 2.14. The summed E-state index contributed by atoms with van der Waals surface area (Å²) in [5, 5.41) is 7.38. The van der Waals surface area contributed by atoms with E-state index in [0.717, 1.165) is 29.7 Å². The summed E-state index contributed by atoms with van der Waals surface area (Å²) in [5.41, 5.74) is 3.02. The zero-order valence-corrected chi connectivity index (χ0v) is 13.8. The lowest BCUT2D eigenvalue weighted by molar-refractivity contribution is 0.217. The Balaban J connectivity index is 2.22. The smallest absolute Gasteiger partial charge is 0.316 e. The van der Waals surface area contributed by atoms with Gasteiger partial charge in [0.05, 0.1) is 5.69 Å². The average Bonchev–Trinajstić information content (AvgIpc) is 2.89. The van der Waals surface area contributed by atoms with Crippen molar-refractivity contribution in [1.29, 1.82) is 0 Å². The standard InChI is InChI=1S/C13H22N6OS/c1-5-6-9-10-11(18(4)16-9)19(13(21)15-10)8-7-14-12(20)17(2)3/h5-8H2,1-4H3,(H,14,20)(H,15,21). The lowest BCUT2D eigenvalue weighted by Gasteiger charge is -2.12. The molecule has 0 unspecified atom stereocenters. The third kappa shape index (κ3) is 3.10. The quantitative estimate of drug-likeness (QED) is 0.825. The van der Waals surface area contributed by atoms with Gasteiger partial charge < -0.3 is 15.2 Å². The normalized spacial score (nSPS) is 11.0. The molecule has 21 heavy (non-hydrogen) atoms. The van der Waals surface area contributed by atoms with Crippen molar-refractivity contribution >= 4 is 29.4 Å². The third-order valence-corrected chi connectivity index (χ3v) is 3.65. The summed E-state index contributed by atoms with van der Waals surface area (Å²) < 4.78 is 4.49. The molecule has 0 saturated carbocycles. The fraction of sp³-hybridized carbons (Fsp3) is 0.615. The highest BCUT2D eigenvalue weighted by Crippen LogP contribution is 2.18. The number of H-pyrrole nitrogens is 1. The summed E-state index contributed by atoms with van der Waals surface area (Å²) in [6.45, 7) is 3.26. The summed E-state index contributed by atoms with van der Waals surface area (Å²) in [6, 6.07) is -0.107. The molecule has 2 rings (SSSR count). The van der Waals surface area contributed by atoms with Gasteiger partial charge in [0.15, 0.2) is 10.4 Å². The summed E-state index contributed by atoms with van der Waals surface area (Å²) >= 11 is 5.38. The Morgan fingerprint density at radius 2 is 2.19 bits per heavy atom. The number of nitrogens with one attached hydrogen (secondary N) is 2. The molecule has 8 heteroatoms. The highest BCUT2D eigenvalue weighted by molar-refractivity contribution is 7.71. The van der Waals surface area contributed by atoms with Gasteiger partial charge in [0.25, 0.3) is 0 Å². The number of aryl methyl sites for hydroxylation is 2. The van der Waals surface area contributed by atoms with Crippen LogP contribution in [-0.4, -0.2) is 50.9 Å². The van der Waals surface area contributed by atoms with E-state index < -0.39 is 0 Å². The molecule has 0 radical (unpaired) electrons. The van der Waals surface area contributed by atoms with E-state index in [2.05, 4.69) is 22.3 Å². The molecule has 0 atom stereocenters. The maximum Gasteiger partial charge on any atom is 0.316 e. The van der Waals surface area contributed by atoms with E-state index in [1.807, 2.05) is 16.3 Å². The Hall–Kier alpha value is -1.83. The molecular weight excluding hydrogens is 288 g/mol. The predicted molar refractivity (Wildman–Crippen MR) is 85.0 cm³/mol. The fourth-order valence-electron chi connectivity index (χ4n) is 2.33. The molecule has 0 saturated heterocycles. The van der Waals surface area contributed by atoms with Gasteiger partial charge in [0.1, 0.15) is 5.52 Å². The number of carbonyl (C=O) groups is 1. The van der Waals surface area contributed by atoms with Crippen molar-refractivity contribution in [2.24, 2.45) is 7.05 Å². The average molecular weight is 310 g/mol. The number of hydrogen-bond donors (Lipinski definition) is 2. The Labute approximate surface area is 128 Å². The number of urea groups is 1. The van der Waals surface area contributed by atoms with Gasteiger partial charge >= 0.3 is 6.03 Å². The number of fused-ring (bicyclic) bond motifs is 1. The van der Waals surface area contributed by atoms with E-state index in [-0.39, 0.29) is 6.03 Å². The number of nitrogens with zero attached hydrogens (tertiary/aromatic N) is 4. The zero-order chi connectivity index (χ0) is 15.6. The van der Waals surface area contributed by atoms with Crippen LogP contribution in [-0.2, 0) is 20.0 Å². The van der Waals surface area contributed by atoms with Gasteiger partial charge in [0, 0.05) is 34.2 Å². The van der Waals surface area contributed by atoms with Crippen LogP contribution in [0.3, 0.4) is 0 Å². The molecule has 2 N–H and O–H groups in total. The van der Waals surface area contributed by atoms with Gasteiger partial charge in [0.2, 0.25) is 0 Å². The Morgan fingerprint density at radius 3 is 2.81 bits per heavy atom. The lowest BCUT2D eigenvalue weighted by Crippen LogP contribution is -2.36. The maximum absolute atomic E-state index is 11.5. The summed E-state index contributed by atoms with van der Waals surface area (Å²) in [4.78, 5) is 16.3. The monoisotopic (exact) mass is 310 g/mol. The van der Waals surface area contributed by atoms with Gasteiger partial charge in [-0.1, -0.05) is 13.3 Å². The first-order chi connectivity index (χ1) is 9.95. The molecule has 2 aromatic rings. The van der Waals surface area contributed by atoms with Crippen molar-refractivity contribution < 1.29 is 4.79 Å². The van der Waals surface area contributed by atoms with Crippen LogP contribution in [0.4, 0.5) is 4.79 Å². The Bertz CT molecular complexity index is 695. The van der Waals surface area contributed by atoms with Crippen LogP contribution in [0.25, 0.3) is 11.2 Å². The van der Waals surface area contributed by atoms with Crippen LogP contribution in [0.2, 0.25) is 0 Å². The van der Waals surface area contributed by atoms with Crippen LogP contribution in [0, 0.1) is 4.77 Å². The molecule has 2 heterocycles. The van der Waals surface area contributed by atoms with Crippen molar-refractivity contribution in [3.8, 4) is 0 Å². The molecule has 7 nitrogen and oxygen atoms in total. The van der Waals surface area contributed by atoms with Crippen LogP contribution in [0.5, 0.6) is 0 Å². The number of carbonyl (C=O) groups excluding carboxylic acids is 1. The number of aromatic amines is 1. The number of rotatable bonds is 5. The van der Waals surface area contributed by atoms with Gasteiger partial charge in [-0.05, 0) is 18.6 Å². The molecule has 0 aromatic carbocycles. The van der Waals surface area contributed by atoms with E-state index in [9.17, 15) is 4.79 Å². The molecule has 0 aliphatic rings. The van der Waals surface area contributed by atoms with Crippen molar-refractivity contribution in [2.45, 2.75) is 26.3 Å². The summed E-state index contributed by atoms with van der Waals surface area (Å²) in [7, 11) is 5.35. The fourth-order valence-corrected chi connectivity index (χ4v) is 2.61. The van der Waals surface area contributed by atoms with Gasteiger partial charge in [-0.15, -0.1) is 0 Å². The number of amides is 2. The SMILES string of the molecule is CCCc1nn(C)c2c1[nH]c(=S)n2CCNC(=O)N(C)C. The molecule has 0 fully saturated rings. The van der Waals surface area contributed by atoms with Crippen molar-refractivity contribution in [2.75, 3.05) is 20.6 Å². The predicted octanol–water partition coefficient (Wildman–Crippen LogP) is 1.66. The number of imidazole rings is 1. The first-order valence-corrected chi connectivity index (χ1v) is 7.46. The highest BCUT2D eigenvalue weighted by atomic mass is 32.1. The molecule has 0 aliphatic carbocycles. The number of aromatic nitrogens is 4. The van der Waals surface area contributed by atoms with Gasteiger partial charge in [-0.3, -0.25) is 9.25 Å². The Kier molecular flexibility index (Phi) is 4.66. The second-order valence-corrected chi connectivity index (χ2v) is 5.61. The van der Waals surface area contributed by atoms with E-state index in [1.54, 1.807) is 14.1 Å². The van der Waals surface area contributed by atoms with Gasteiger partial charge in [-0.25, -0.2) is 4.79 Å². The van der Waals surface area contributed by atoms with Crippen LogP contribution in [0.1, 0.15) is 19.0 Å². The molecule has 116 valence electrons. The van der Waals surface area contributed by atoms with Crippen LogP contribution in [0.15, 0.2) is 0 Å². The minimum atomic E-state index is -0.107. The lowest BCUT2D eigenvalue weighted by atomic mass is 10.2. The maximum atomic E-state index is 11.5. The van der Waals surface area contributed by atoms with E-state index in [4.69, 9.17) is 12.2 Å². The topological polar surface area (TPSA) is 70.9 Å². The molecule has 2 amide bonds. The third-order valence-electron chi connectivity index (χ3n) is 3.33. The first kappa shape index (κ1) is 15.6. The van der Waals surface area contributed by atoms with E-state index >= 15 is 0 Å². The minimum Gasteiger partial charge on any atom is -0.336 e.